The van der Waals surface area contributed by atoms with Gasteiger partial charge in [0, 0.05) is 17.5 Å². The van der Waals surface area contributed by atoms with Crippen molar-refractivity contribution in [1.29, 1.82) is 0 Å². The zero-order valence-electron chi connectivity index (χ0n) is 17.1. The molecule has 0 radical (unpaired) electrons. The maximum absolute atomic E-state index is 14.9. The smallest absolute Gasteiger partial charge is 0.399 e. The number of carboxylic acid groups (broad SMARTS) is 1. The molecule has 3 nitrogen and oxygen atoms in total. The summed E-state index contributed by atoms with van der Waals surface area (Å²) in [5.74, 6) is -4.97. The quantitative estimate of drug-likeness (QED) is 0.227. The molecule has 0 amide bonds. The molecule has 1 N–H and O–H groups in total. The summed E-state index contributed by atoms with van der Waals surface area (Å²) < 4.78 is 56.0. The van der Waals surface area contributed by atoms with Gasteiger partial charge in [0.15, 0.2) is 5.78 Å². The number of aryl methyl sites for hydroxylation is 1. The van der Waals surface area contributed by atoms with Gasteiger partial charge in [-0.1, -0.05) is 46.9 Å². The van der Waals surface area contributed by atoms with Crippen LogP contribution in [-0.2, 0) is 4.79 Å². The van der Waals surface area contributed by atoms with Crippen molar-refractivity contribution in [1.82, 2.24) is 0 Å². The van der Waals surface area contributed by atoms with Crippen molar-refractivity contribution in [3.63, 3.8) is 0 Å². The van der Waals surface area contributed by atoms with E-state index in [1.54, 1.807) is 0 Å². The summed E-state index contributed by atoms with van der Waals surface area (Å²) in [6.07, 6.45) is -3.83. The summed E-state index contributed by atoms with van der Waals surface area (Å²) in [6.45, 7) is 1.50. The van der Waals surface area contributed by atoms with Crippen LogP contribution in [0.25, 0.3) is 5.83 Å². The zero-order chi connectivity index (χ0) is 24.7. The van der Waals surface area contributed by atoms with Gasteiger partial charge in [-0.2, -0.15) is 13.2 Å². The molecule has 1 aliphatic rings. The molecule has 0 aromatic heterocycles. The minimum Gasteiger partial charge on any atom is -0.481 e. The average Bonchev–Trinajstić information content (AvgIpc) is 3.49. The zero-order valence-corrected chi connectivity index (χ0v) is 19.3. The Morgan fingerprint density at radius 1 is 1.12 bits per heavy atom. The Labute approximate surface area is 201 Å². The van der Waals surface area contributed by atoms with E-state index in [1.165, 1.54) is 25.1 Å². The van der Waals surface area contributed by atoms with Gasteiger partial charge in [-0.3, -0.25) is 9.59 Å². The number of benzene rings is 2. The Hall–Kier alpha value is -2.09. The van der Waals surface area contributed by atoms with Crippen LogP contribution in [0.1, 0.15) is 52.2 Å². The number of alkyl halides is 3. The van der Waals surface area contributed by atoms with Crippen LogP contribution in [-0.4, -0.2) is 23.0 Å². The summed E-state index contributed by atoms with van der Waals surface area (Å²) in [4.78, 5) is 23.9. The van der Waals surface area contributed by atoms with Gasteiger partial charge in [-0.05, 0) is 55.2 Å². The van der Waals surface area contributed by atoms with Crippen molar-refractivity contribution in [3.05, 3.63) is 73.7 Å². The molecular formula is C23H17Cl3F4O3. The van der Waals surface area contributed by atoms with Crippen LogP contribution in [0.2, 0.25) is 15.1 Å². The fourth-order valence-electron chi connectivity index (χ4n) is 3.52. The minimum absolute atomic E-state index is 0.112. The van der Waals surface area contributed by atoms with Gasteiger partial charge < -0.3 is 5.11 Å². The fourth-order valence-corrected chi connectivity index (χ4v) is 4.13. The third kappa shape index (κ3) is 5.53. The Kier molecular flexibility index (Phi) is 7.18. The number of carbonyl (C=O) groups is 2. The minimum atomic E-state index is -4.85. The maximum Gasteiger partial charge on any atom is 0.399 e. The SMILES string of the molecule is Cc1cc(/C(F)=C/C(c2cc(Cl)c(Cl)c(Cl)c2)C(F)(F)F)ccc1C(=O)CC1(C(=O)O)CC1. The van der Waals surface area contributed by atoms with Crippen LogP contribution in [0, 0.1) is 12.3 Å². The van der Waals surface area contributed by atoms with E-state index in [-0.39, 0.29) is 38.2 Å². The van der Waals surface area contributed by atoms with Gasteiger partial charge in [0.1, 0.15) is 11.7 Å². The molecule has 1 aliphatic carbocycles. The Morgan fingerprint density at radius 3 is 2.15 bits per heavy atom. The monoisotopic (exact) mass is 522 g/mol. The van der Waals surface area contributed by atoms with Gasteiger partial charge in [0.2, 0.25) is 0 Å². The van der Waals surface area contributed by atoms with Crippen molar-refractivity contribution >= 4 is 52.4 Å². The van der Waals surface area contributed by atoms with Crippen LogP contribution in [0.5, 0.6) is 0 Å². The standard InChI is InChI=1S/C23H17Cl3F4O3/c1-11-6-12(2-3-14(11)19(31)10-22(4-5-22)21(32)33)18(27)9-15(23(28,29)30)13-7-16(24)20(26)17(25)8-13/h2-3,6-9,15H,4-5,10H2,1H3,(H,32,33)/b18-9-. The van der Waals surface area contributed by atoms with E-state index < -0.39 is 35.1 Å². The lowest BCUT2D eigenvalue weighted by Crippen LogP contribution is -2.20. The van der Waals surface area contributed by atoms with E-state index in [0.29, 0.717) is 24.5 Å². The van der Waals surface area contributed by atoms with Crippen molar-refractivity contribution < 1.29 is 32.3 Å². The number of ketones is 1. The first-order valence-corrected chi connectivity index (χ1v) is 10.8. The molecule has 176 valence electrons. The average molecular weight is 524 g/mol. The highest BCUT2D eigenvalue weighted by atomic mass is 35.5. The lowest BCUT2D eigenvalue weighted by Gasteiger charge is -2.19. The molecular weight excluding hydrogens is 507 g/mol. The predicted octanol–water partition coefficient (Wildman–Crippen LogP) is 8.05. The molecule has 0 bridgehead atoms. The Bertz CT molecular complexity index is 1130. The third-order valence-corrected chi connectivity index (χ3v) is 6.84. The summed E-state index contributed by atoms with van der Waals surface area (Å²) in [7, 11) is 0. The van der Waals surface area contributed by atoms with Gasteiger partial charge in [-0.25, -0.2) is 4.39 Å². The first-order valence-electron chi connectivity index (χ1n) is 9.71. The van der Waals surface area contributed by atoms with Gasteiger partial charge in [0.05, 0.1) is 20.5 Å². The molecule has 1 unspecified atom stereocenters. The number of rotatable bonds is 7. The number of aliphatic carboxylic acids is 1. The van der Waals surface area contributed by atoms with Gasteiger partial charge in [0.25, 0.3) is 0 Å². The molecule has 2 aromatic carbocycles. The number of carboxylic acids is 1. The van der Waals surface area contributed by atoms with E-state index in [1.807, 2.05) is 0 Å². The van der Waals surface area contributed by atoms with Crippen molar-refractivity contribution in [3.8, 4) is 0 Å². The second-order valence-corrected chi connectivity index (χ2v) is 9.24. The predicted molar refractivity (Wildman–Crippen MR) is 119 cm³/mol. The summed E-state index contributed by atoms with van der Waals surface area (Å²) in [5, 5.41) is 8.75. The van der Waals surface area contributed by atoms with E-state index in [0.717, 1.165) is 12.1 Å². The number of carbonyl (C=O) groups excluding carboxylic acids is 1. The summed E-state index contributed by atoms with van der Waals surface area (Å²) in [5.41, 5.74) is -1.09. The van der Waals surface area contributed by atoms with Crippen molar-refractivity contribution in [2.24, 2.45) is 5.41 Å². The maximum atomic E-state index is 14.9. The topological polar surface area (TPSA) is 54.4 Å². The molecule has 3 rings (SSSR count). The van der Waals surface area contributed by atoms with Crippen molar-refractivity contribution in [2.45, 2.75) is 38.3 Å². The number of hydrogen-bond acceptors (Lipinski definition) is 2. The molecule has 33 heavy (non-hydrogen) atoms. The van der Waals surface area contributed by atoms with Gasteiger partial charge in [-0.15, -0.1) is 0 Å². The third-order valence-electron chi connectivity index (χ3n) is 5.64. The van der Waals surface area contributed by atoms with Crippen LogP contribution in [0.3, 0.4) is 0 Å². The van der Waals surface area contributed by atoms with E-state index in [9.17, 15) is 32.3 Å². The normalized spacial score (nSPS) is 16.4. The number of allylic oxidation sites excluding steroid dienone is 1. The number of Topliss-reactive ketones (excluding diaryl/α,β-unsaturated/α-hetero) is 1. The Morgan fingerprint density at radius 2 is 1.70 bits per heavy atom. The molecule has 0 aliphatic heterocycles. The van der Waals surface area contributed by atoms with Crippen LogP contribution < -0.4 is 0 Å². The molecule has 1 fully saturated rings. The highest BCUT2D eigenvalue weighted by Crippen LogP contribution is 2.50. The Balaban J connectivity index is 1.91. The van der Waals surface area contributed by atoms with E-state index in [2.05, 4.69) is 0 Å². The molecule has 1 atom stereocenters. The second-order valence-electron chi connectivity index (χ2n) is 8.05. The fraction of sp³-hybridized carbons (Fsp3) is 0.304. The molecule has 0 saturated heterocycles. The van der Waals surface area contributed by atoms with Crippen molar-refractivity contribution in [2.75, 3.05) is 0 Å². The summed E-state index contributed by atoms with van der Waals surface area (Å²) >= 11 is 17.5. The highest BCUT2D eigenvalue weighted by molar-refractivity contribution is 6.48. The molecule has 1 saturated carbocycles. The van der Waals surface area contributed by atoms with Crippen LogP contribution in [0.4, 0.5) is 17.6 Å². The highest BCUT2D eigenvalue weighted by Gasteiger charge is 2.51. The van der Waals surface area contributed by atoms with E-state index in [4.69, 9.17) is 34.8 Å². The molecule has 2 aromatic rings. The first-order chi connectivity index (χ1) is 15.2. The lowest BCUT2D eigenvalue weighted by molar-refractivity contribution is -0.143. The first kappa shape index (κ1) is 25.5. The molecule has 0 spiro atoms. The van der Waals surface area contributed by atoms with Crippen LogP contribution >= 0.6 is 34.8 Å². The van der Waals surface area contributed by atoms with E-state index >= 15 is 0 Å². The lowest BCUT2D eigenvalue weighted by atomic mass is 9.92. The van der Waals surface area contributed by atoms with Crippen LogP contribution in [0.15, 0.2) is 36.4 Å². The number of halogens is 7. The second kappa shape index (κ2) is 9.28. The molecule has 0 heterocycles. The van der Waals surface area contributed by atoms with Gasteiger partial charge >= 0.3 is 12.1 Å². The molecule has 10 heteroatoms. The number of hydrogen-bond donors (Lipinski definition) is 1. The largest absolute Gasteiger partial charge is 0.481 e. The summed E-state index contributed by atoms with van der Waals surface area (Å²) in [6, 6.07) is 5.66.